The summed E-state index contributed by atoms with van der Waals surface area (Å²) < 4.78 is 6.14. The molecule has 0 aliphatic heterocycles. The summed E-state index contributed by atoms with van der Waals surface area (Å²) in [6.07, 6.45) is 2.09. The van der Waals surface area contributed by atoms with E-state index in [0.717, 1.165) is 16.0 Å². The van der Waals surface area contributed by atoms with Crippen LogP contribution in [0.3, 0.4) is 0 Å². The molecule has 3 rings (SSSR count). The number of benzene rings is 2. The summed E-state index contributed by atoms with van der Waals surface area (Å²) in [6.45, 7) is 4.24. The normalized spacial score (nSPS) is 11.0. The molecule has 0 fully saturated rings. The quantitative estimate of drug-likeness (QED) is 0.510. The van der Waals surface area contributed by atoms with Gasteiger partial charge in [-0.25, -0.2) is 4.79 Å². The molecule has 28 heavy (non-hydrogen) atoms. The van der Waals surface area contributed by atoms with Crippen LogP contribution in [0.2, 0.25) is 0 Å². The second-order valence-electron chi connectivity index (χ2n) is 6.49. The fourth-order valence-electron chi connectivity index (χ4n) is 3.15. The van der Waals surface area contributed by atoms with Crippen molar-refractivity contribution in [3.8, 4) is 0 Å². The lowest BCUT2D eigenvalue weighted by atomic mass is 10.1. The number of esters is 1. The number of aryl methyl sites for hydroxylation is 1. The monoisotopic (exact) mass is 398 g/mol. The van der Waals surface area contributed by atoms with Crippen LogP contribution in [0.1, 0.15) is 23.6 Å². The molecular formula is C21H22N2O4S. The summed E-state index contributed by atoms with van der Waals surface area (Å²) in [4.78, 5) is 41.0. The van der Waals surface area contributed by atoms with Crippen LogP contribution in [0.25, 0.3) is 10.9 Å². The van der Waals surface area contributed by atoms with Gasteiger partial charge in [-0.2, -0.15) is 0 Å². The van der Waals surface area contributed by atoms with Gasteiger partial charge in [0.1, 0.15) is 0 Å². The van der Waals surface area contributed by atoms with Gasteiger partial charge in [0, 0.05) is 4.90 Å². The van der Waals surface area contributed by atoms with Gasteiger partial charge < -0.3 is 9.72 Å². The van der Waals surface area contributed by atoms with Crippen molar-refractivity contribution in [2.45, 2.75) is 31.7 Å². The van der Waals surface area contributed by atoms with E-state index >= 15 is 0 Å². The molecule has 7 heteroatoms. The number of ether oxygens (including phenoxy) is 1. The van der Waals surface area contributed by atoms with E-state index in [-0.39, 0.29) is 24.5 Å². The maximum absolute atomic E-state index is 12.9. The highest BCUT2D eigenvalue weighted by molar-refractivity contribution is 7.98. The number of carbonyl (C=O) groups excluding carboxylic acids is 1. The Morgan fingerprint density at radius 3 is 2.57 bits per heavy atom. The zero-order valence-corrected chi connectivity index (χ0v) is 16.9. The summed E-state index contributed by atoms with van der Waals surface area (Å²) in [5.74, 6) is -0.351. The molecule has 2 aromatic carbocycles. The first-order chi connectivity index (χ1) is 13.4. The van der Waals surface area contributed by atoms with Crippen LogP contribution >= 0.6 is 11.8 Å². The molecule has 0 spiro atoms. The van der Waals surface area contributed by atoms with Crippen molar-refractivity contribution in [1.82, 2.24) is 9.55 Å². The first-order valence-corrected chi connectivity index (χ1v) is 10.2. The molecule has 0 saturated carbocycles. The maximum atomic E-state index is 12.9. The number of hydrogen-bond acceptors (Lipinski definition) is 5. The van der Waals surface area contributed by atoms with E-state index in [4.69, 9.17) is 4.74 Å². The first-order valence-electron chi connectivity index (χ1n) is 8.97. The van der Waals surface area contributed by atoms with Gasteiger partial charge in [-0.1, -0.05) is 18.2 Å². The van der Waals surface area contributed by atoms with Crippen LogP contribution in [0, 0.1) is 6.92 Å². The molecule has 0 amide bonds. The van der Waals surface area contributed by atoms with Crippen molar-refractivity contribution >= 4 is 28.6 Å². The summed E-state index contributed by atoms with van der Waals surface area (Å²) in [7, 11) is 0. The minimum Gasteiger partial charge on any atom is -0.466 e. The average Bonchev–Trinajstić information content (AvgIpc) is 2.66. The van der Waals surface area contributed by atoms with Gasteiger partial charge in [0.2, 0.25) is 0 Å². The second-order valence-corrected chi connectivity index (χ2v) is 7.34. The molecule has 0 bridgehead atoms. The number of aromatic nitrogens is 2. The number of thioether (sulfide) groups is 1. The average molecular weight is 398 g/mol. The highest BCUT2D eigenvalue weighted by atomic mass is 32.2. The summed E-state index contributed by atoms with van der Waals surface area (Å²) in [6, 6.07) is 10.9. The molecule has 0 radical (unpaired) electrons. The van der Waals surface area contributed by atoms with Gasteiger partial charge in [0.15, 0.2) is 0 Å². The van der Waals surface area contributed by atoms with Gasteiger partial charge in [-0.05, 0) is 55.0 Å². The molecule has 0 aliphatic carbocycles. The second kappa shape index (κ2) is 8.48. The Morgan fingerprint density at radius 2 is 1.89 bits per heavy atom. The zero-order valence-electron chi connectivity index (χ0n) is 16.1. The molecule has 0 saturated heterocycles. The van der Waals surface area contributed by atoms with E-state index < -0.39 is 5.69 Å². The van der Waals surface area contributed by atoms with Crippen LogP contribution < -0.4 is 11.2 Å². The van der Waals surface area contributed by atoms with Crippen molar-refractivity contribution < 1.29 is 9.53 Å². The van der Waals surface area contributed by atoms with Crippen LogP contribution in [-0.2, 0) is 22.5 Å². The third kappa shape index (κ3) is 4.20. The van der Waals surface area contributed by atoms with Crippen molar-refractivity contribution in [2.24, 2.45) is 0 Å². The number of hydrogen-bond donors (Lipinski definition) is 1. The van der Waals surface area contributed by atoms with Crippen LogP contribution in [-0.4, -0.2) is 28.4 Å². The number of nitrogens with one attached hydrogen (secondary N) is 1. The van der Waals surface area contributed by atoms with Gasteiger partial charge in [0.25, 0.3) is 5.56 Å². The lowest BCUT2D eigenvalue weighted by Gasteiger charge is -2.10. The number of rotatable bonds is 6. The van der Waals surface area contributed by atoms with Gasteiger partial charge in [-0.15, -0.1) is 11.8 Å². The Kier molecular flexibility index (Phi) is 6.04. The summed E-state index contributed by atoms with van der Waals surface area (Å²) in [5, 5.41) is 0.374. The van der Waals surface area contributed by atoms with E-state index in [1.54, 1.807) is 36.9 Å². The Morgan fingerprint density at radius 1 is 1.14 bits per heavy atom. The first kappa shape index (κ1) is 19.9. The third-order valence-electron chi connectivity index (χ3n) is 4.50. The Bertz CT molecular complexity index is 1150. The Labute approximate surface area is 166 Å². The van der Waals surface area contributed by atoms with Crippen molar-refractivity contribution in [3.63, 3.8) is 0 Å². The number of nitrogens with zero attached hydrogens (tertiary/aromatic N) is 1. The fraction of sp³-hybridized carbons (Fsp3) is 0.286. The van der Waals surface area contributed by atoms with Crippen molar-refractivity contribution in [2.75, 3.05) is 12.9 Å². The van der Waals surface area contributed by atoms with Crippen LogP contribution in [0.4, 0.5) is 0 Å². The lowest BCUT2D eigenvalue weighted by molar-refractivity contribution is -0.142. The molecular weight excluding hydrogens is 376 g/mol. The van der Waals surface area contributed by atoms with E-state index in [9.17, 15) is 14.4 Å². The van der Waals surface area contributed by atoms with Crippen LogP contribution in [0.15, 0.2) is 50.9 Å². The van der Waals surface area contributed by atoms with E-state index in [0.29, 0.717) is 23.1 Å². The Hall–Kier alpha value is -2.80. The summed E-state index contributed by atoms with van der Waals surface area (Å²) >= 11 is 1.65. The fourth-order valence-corrected chi connectivity index (χ4v) is 3.74. The standard InChI is InChI=1S/C21H22N2O4S/c1-4-27-19(24)11-14-5-7-17-16(10-14)20(25)23(21(26)22-17)12-15-6-8-18(28-3)13(2)9-15/h5-10H,4,11-12H2,1-3H3,(H,22,26). The largest absolute Gasteiger partial charge is 0.466 e. The lowest BCUT2D eigenvalue weighted by Crippen LogP contribution is -2.35. The van der Waals surface area contributed by atoms with Crippen molar-refractivity contribution in [1.29, 1.82) is 0 Å². The predicted molar refractivity (Wildman–Crippen MR) is 111 cm³/mol. The molecule has 1 aromatic heterocycles. The highest BCUT2D eigenvalue weighted by Gasteiger charge is 2.11. The SMILES string of the molecule is CCOC(=O)Cc1ccc2[nH]c(=O)n(Cc3ccc(SC)c(C)c3)c(=O)c2c1. The molecule has 1 N–H and O–H groups in total. The zero-order chi connectivity index (χ0) is 20.3. The Balaban J connectivity index is 2.00. The third-order valence-corrected chi connectivity index (χ3v) is 5.40. The minimum atomic E-state index is -0.456. The molecule has 6 nitrogen and oxygen atoms in total. The van der Waals surface area contributed by atoms with E-state index in [1.807, 2.05) is 31.4 Å². The minimum absolute atomic E-state index is 0.0810. The van der Waals surface area contributed by atoms with Gasteiger partial charge in [0.05, 0.1) is 30.5 Å². The molecule has 0 aliphatic rings. The molecule has 3 aromatic rings. The molecule has 0 atom stereocenters. The van der Waals surface area contributed by atoms with Crippen molar-refractivity contribution in [3.05, 3.63) is 73.9 Å². The summed E-state index contributed by atoms with van der Waals surface area (Å²) in [5.41, 5.74) is 2.27. The van der Waals surface area contributed by atoms with Crippen LogP contribution in [0.5, 0.6) is 0 Å². The van der Waals surface area contributed by atoms with Gasteiger partial charge >= 0.3 is 11.7 Å². The number of fused-ring (bicyclic) bond motifs is 1. The van der Waals surface area contributed by atoms with E-state index in [1.165, 1.54) is 4.57 Å². The number of H-pyrrole nitrogens is 1. The maximum Gasteiger partial charge on any atom is 0.329 e. The topological polar surface area (TPSA) is 81.2 Å². The number of carbonyl (C=O) groups is 1. The molecule has 1 heterocycles. The van der Waals surface area contributed by atoms with Gasteiger partial charge in [-0.3, -0.25) is 14.2 Å². The number of aromatic amines is 1. The molecule has 146 valence electrons. The molecule has 0 unspecified atom stereocenters. The predicted octanol–water partition coefficient (Wildman–Crippen LogP) is 2.87. The van der Waals surface area contributed by atoms with E-state index in [2.05, 4.69) is 4.98 Å². The highest BCUT2D eigenvalue weighted by Crippen LogP contribution is 2.21. The smallest absolute Gasteiger partial charge is 0.329 e.